The number of nitrogens with one attached hydrogen (secondary N) is 1. The maximum Gasteiger partial charge on any atom is 0.425 e. The van der Waals surface area contributed by atoms with Gasteiger partial charge in [-0.15, -0.1) is 0 Å². The Morgan fingerprint density at radius 3 is 1.86 bits per heavy atom. The standard InChI is InChI=1S/C16H14F6N4O3/c1-25-10(23)9(12(28)26(2)13(25)29)14(15(17,18)19,16(20,21)22)24-11(27)8-6-4-3-5-7-8/h3-7H,23H2,1-2H3,(H,24,27). The number of amides is 1. The Kier molecular flexibility index (Phi) is 5.30. The summed E-state index contributed by atoms with van der Waals surface area (Å²) >= 11 is 0. The molecule has 0 spiro atoms. The third-order valence-corrected chi connectivity index (χ3v) is 4.27. The lowest BCUT2D eigenvalue weighted by Gasteiger charge is -2.38. The molecule has 3 N–H and O–H groups in total. The lowest BCUT2D eigenvalue weighted by atomic mass is 9.88. The molecule has 0 aliphatic rings. The van der Waals surface area contributed by atoms with Crippen LogP contribution in [0.4, 0.5) is 32.2 Å². The fourth-order valence-electron chi connectivity index (χ4n) is 2.69. The number of carbonyl (C=O) groups is 1. The zero-order valence-corrected chi connectivity index (χ0v) is 14.9. The van der Waals surface area contributed by atoms with Gasteiger partial charge in [0, 0.05) is 19.7 Å². The molecular formula is C16H14F6N4O3. The topological polar surface area (TPSA) is 99.1 Å². The van der Waals surface area contributed by atoms with Gasteiger partial charge in [-0.2, -0.15) is 26.3 Å². The van der Waals surface area contributed by atoms with E-state index in [1.165, 1.54) is 18.2 Å². The summed E-state index contributed by atoms with van der Waals surface area (Å²) in [5.74, 6) is -3.14. The Bertz CT molecular complexity index is 1040. The fraction of sp³-hybridized carbons (Fsp3) is 0.312. The molecule has 0 atom stereocenters. The summed E-state index contributed by atoms with van der Waals surface area (Å²) < 4.78 is 83.9. The number of alkyl halides is 6. The molecule has 1 amide bonds. The summed E-state index contributed by atoms with van der Waals surface area (Å²) in [6, 6.07) is 5.79. The summed E-state index contributed by atoms with van der Waals surface area (Å²) in [5, 5.41) is 0.901. The molecule has 2 aromatic rings. The van der Waals surface area contributed by atoms with Gasteiger partial charge in [0.1, 0.15) is 11.4 Å². The van der Waals surface area contributed by atoms with Gasteiger partial charge in [-0.25, -0.2) is 4.79 Å². The van der Waals surface area contributed by atoms with Crippen LogP contribution in [0.2, 0.25) is 0 Å². The molecule has 0 aliphatic heterocycles. The minimum atomic E-state index is -6.24. The lowest BCUT2D eigenvalue weighted by Crippen LogP contribution is -2.67. The van der Waals surface area contributed by atoms with Crippen LogP contribution < -0.4 is 22.3 Å². The van der Waals surface area contributed by atoms with Crippen LogP contribution in [-0.2, 0) is 19.6 Å². The molecule has 13 heteroatoms. The van der Waals surface area contributed by atoms with Crippen molar-refractivity contribution >= 4 is 11.7 Å². The zero-order valence-electron chi connectivity index (χ0n) is 14.9. The molecule has 0 bridgehead atoms. The molecule has 1 aromatic carbocycles. The number of carbonyl (C=O) groups excluding carboxylic acids is 1. The first-order chi connectivity index (χ1) is 13.2. The first-order valence-electron chi connectivity index (χ1n) is 7.73. The fourth-order valence-corrected chi connectivity index (χ4v) is 2.69. The summed E-state index contributed by atoms with van der Waals surface area (Å²) in [7, 11) is 1.47. The van der Waals surface area contributed by atoms with E-state index in [1.807, 2.05) is 0 Å². The maximum atomic E-state index is 13.9. The average Bonchev–Trinajstić information content (AvgIpc) is 2.62. The van der Waals surface area contributed by atoms with Gasteiger partial charge in [0.25, 0.3) is 17.0 Å². The molecule has 0 aliphatic carbocycles. The lowest BCUT2D eigenvalue weighted by molar-refractivity contribution is -0.310. The number of nitrogen functional groups attached to an aromatic ring is 1. The van der Waals surface area contributed by atoms with Crippen LogP contribution in [-0.4, -0.2) is 27.4 Å². The first-order valence-corrected chi connectivity index (χ1v) is 7.73. The van der Waals surface area contributed by atoms with Gasteiger partial charge < -0.3 is 11.1 Å². The summed E-state index contributed by atoms with van der Waals surface area (Å²) in [6.07, 6.45) is -12.5. The average molecular weight is 424 g/mol. The Balaban J connectivity index is 2.96. The monoisotopic (exact) mass is 424 g/mol. The van der Waals surface area contributed by atoms with Gasteiger partial charge in [-0.1, -0.05) is 18.2 Å². The molecule has 29 heavy (non-hydrogen) atoms. The zero-order chi connectivity index (χ0) is 22.4. The van der Waals surface area contributed by atoms with Crippen molar-refractivity contribution in [2.45, 2.75) is 17.9 Å². The predicted octanol–water partition coefficient (Wildman–Crippen LogP) is 1.42. The van der Waals surface area contributed by atoms with Crippen molar-refractivity contribution in [3.8, 4) is 0 Å². The smallest absolute Gasteiger partial charge is 0.385 e. The van der Waals surface area contributed by atoms with E-state index >= 15 is 0 Å². The molecule has 0 unspecified atom stereocenters. The van der Waals surface area contributed by atoms with Gasteiger partial charge in [-0.3, -0.25) is 18.7 Å². The quantitative estimate of drug-likeness (QED) is 0.728. The van der Waals surface area contributed by atoms with Gasteiger partial charge in [-0.05, 0) is 12.1 Å². The van der Waals surface area contributed by atoms with Crippen LogP contribution in [0, 0.1) is 0 Å². The van der Waals surface area contributed by atoms with Crippen LogP contribution in [0.1, 0.15) is 15.9 Å². The number of hydrogen-bond donors (Lipinski definition) is 2. The molecule has 1 aromatic heterocycles. The Morgan fingerprint density at radius 2 is 1.41 bits per heavy atom. The normalized spacial score (nSPS) is 12.7. The molecular weight excluding hydrogens is 410 g/mol. The van der Waals surface area contributed by atoms with E-state index in [9.17, 15) is 40.7 Å². The van der Waals surface area contributed by atoms with Crippen molar-refractivity contribution in [1.82, 2.24) is 14.5 Å². The molecule has 0 saturated carbocycles. The highest BCUT2D eigenvalue weighted by Gasteiger charge is 2.75. The van der Waals surface area contributed by atoms with Crippen LogP contribution in [0.5, 0.6) is 0 Å². The van der Waals surface area contributed by atoms with Crippen LogP contribution >= 0.6 is 0 Å². The van der Waals surface area contributed by atoms with Gasteiger partial charge in [0.2, 0.25) is 0 Å². The molecule has 7 nitrogen and oxygen atoms in total. The van der Waals surface area contributed by atoms with E-state index in [0.717, 1.165) is 24.5 Å². The van der Waals surface area contributed by atoms with Gasteiger partial charge in [0.15, 0.2) is 0 Å². The Morgan fingerprint density at radius 1 is 0.931 bits per heavy atom. The molecule has 2 rings (SSSR count). The van der Waals surface area contributed by atoms with E-state index in [0.29, 0.717) is 7.05 Å². The van der Waals surface area contributed by atoms with Gasteiger partial charge >= 0.3 is 18.0 Å². The summed E-state index contributed by atoms with van der Waals surface area (Å²) in [6.45, 7) is 0. The van der Waals surface area contributed by atoms with E-state index < -0.39 is 52.0 Å². The Labute approximate surface area is 158 Å². The highest BCUT2D eigenvalue weighted by Crippen LogP contribution is 2.50. The van der Waals surface area contributed by atoms with E-state index in [4.69, 9.17) is 5.73 Å². The van der Waals surface area contributed by atoms with E-state index in [-0.39, 0.29) is 9.13 Å². The second kappa shape index (κ2) is 6.97. The maximum absolute atomic E-state index is 13.9. The van der Waals surface area contributed by atoms with Crippen LogP contribution in [0.15, 0.2) is 39.9 Å². The number of anilines is 1. The van der Waals surface area contributed by atoms with Crippen molar-refractivity contribution in [1.29, 1.82) is 0 Å². The predicted molar refractivity (Wildman–Crippen MR) is 89.0 cm³/mol. The third-order valence-electron chi connectivity index (χ3n) is 4.27. The second-order valence-corrected chi connectivity index (χ2v) is 6.03. The number of hydrogen-bond acceptors (Lipinski definition) is 4. The molecule has 0 fully saturated rings. The molecule has 1 heterocycles. The molecule has 158 valence electrons. The van der Waals surface area contributed by atoms with E-state index in [1.54, 1.807) is 0 Å². The third kappa shape index (κ3) is 3.36. The summed E-state index contributed by atoms with van der Waals surface area (Å²) in [5.41, 5.74) is -5.58. The largest absolute Gasteiger partial charge is 0.425 e. The van der Waals surface area contributed by atoms with Crippen molar-refractivity contribution in [3.63, 3.8) is 0 Å². The van der Waals surface area contributed by atoms with Gasteiger partial charge in [0.05, 0.1) is 0 Å². The second-order valence-electron chi connectivity index (χ2n) is 6.03. The van der Waals surface area contributed by atoms with Crippen molar-refractivity contribution in [2.75, 3.05) is 5.73 Å². The molecule has 0 saturated heterocycles. The Hall–Kier alpha value is -3.25. The minimum absolute atomic E-state index is 0.0343. The molecule has 0 radical (unpaired) electrons. The number of halogens is 6. The van der Waals surface area contributed by atoms with Crippen molar-refractivity contribution < 1.29 is 31.1 Å². The number of rotatable bonds is 3. The van der Waals surface area contributed by atoms with Crippen molar-refractivity contribution in [3.05, 3.63) is 62.3 Å². The number of nitrogens with two attached hydrogens (primary N) is 1. The highest BCUT2D eigenvalue weighted by molar-refractivity contribution is 5.95. The number of nitrogens with zero attached hydrogens (tertiary/aromatic N) is 2. The summed E-state index contributed by atoms with van der Waals surface area (Å²) in [4.78, 5) is 36.4. The van der Waals surface area contributed by atoms with E-state index in [2.05, 4.69) is 0 Å². The first kappa shape index (κ1) is 22.0. The number of benzene rings is 1. The number of aromatic nitrogens is 2. The van der Waals surface area contributed by atoms with Crippen LogP contribution in [0.3, 0.4) is 0 Å². The van der Waals surface area contributed by atoms with Crippen LogP contribution in [0.25, 0.3) is 0 Å². The minimum Gasteiger partial charge on any atom is -0.385 e. The highest BCUT2D eigenvalue weighted by atomic mass is 19.4. The van der Waals surface area contributed by atoms with Crippen molar-refractivity contribution in [2.24, 2.45) is 14.1 Å². The SMILES string of the molecule is Cn1c(N)c(C(NC(=O)c2ccccc2)(C(F)(F)F)C(F)(F)F)c(=O)n(C)c1=O.